The first-order valence-electron chi connectivity index (χ1n) is 6.21. The Balaban J connectivity index is 1.96. The zero-order valence-corrected chi connectivity index (χ0v) is 9.98. The van der Waals surface area contributed by atoms with E-state index in [0.717, 1.165) is 22.4 Å². The Morgan fingerprint density at radius 3 is 2.53 bits per heavy atom. The molecule has 3 rings (SSSR count). The summed E-state index contributed by atoms with van der Waals surface area (Å²) in [5.74, 6) is 1.20. The normalized spacial score (nSPS) is 23.4. The van der Waals surface area contributed by atoms with Gasteiger partial charge < -0.3 is 10.4 Å². The molecule has 2 nitrogen and oxygen atoms in total. The van der Waals surface area contributed by atoms with E-state index in [1.54, 1.807) is 6.07 Å². The number of aromatic hydroxyl groups is 1. The van der Waals surface area contributed by atoms with Crippen molar-refractivity contribution in [1.82, 2.24) is 0 Å². The van der Waals surface area contributed by atoms with Gasteiger partial charge in [0.2, 0.25) is 0 Å². The standard InChI is InChI=1S/C15H17NO/c1-10-8-11(9-10)16-14-6-2-5-13-12(14)4-3-7-15(13)17/h2-7,10-11,16-17H,8-9H2,1H3. The average molecular weight is 227 g/mol. The molecule has 0 saturated heterocycles. The fraction of sp³-hybridized carbons (Fsp3) is 0.333. The molecule has 2 heteroatoms. The largest absolute Gasteiger partial charge is 0.507 e. The number of phenolic OH excluding ortho intramolecular Hbond substituents is 1. The maximum absolute atomic E-state index is 9.82. The van der Waals surface area contributed by atoms with Crippen molar-refractivity contribution in [1.29, 1.82) is 0 Å². The molecular formula is C15H17NO. The molecule has 0 amide bonds. The summed E-state index contributed by atoms with van der Waals surface area (Å²) in [7, 11) is 0. The molecule has 0 aromatic heterocycles. The summed E-state index contributed by atoms with van der Waals surface area (Å²) in [5, 5.41) is 15.4. The average Bonchev–Trinajstić information content (AvgIpc) is 2.28. The van der Waals surface area contributed by atoms with Crippen molar-refractivity contribution in [3.05, 3.63) is 36.4 Å². The Kier molecular flexibility index (Phi) is 2.43. The predicted molar refractivity (Wildman–Crippen MR) is 71.4 cm³/mol. The fourth-order valence-corrected chi connectivity index (χ4v) is 2.66. The molecule has 2 aromatic carbocycles. The number of hydrogen-bond acceptors (Lipinski definition) is 2. The molecule has 0 spiro atoms. The zero-order chi connectivity index (χ0) is 11.8. The molecule has 0 bridgehead atoms. The Morgan fingerprint density at radius 2 is 1.76 bits per heavy atom. The van der Waals surface area contributed by atoms with Crippen LogP contribution in [0.2, 0.25) is 0 Å². The lowest BCUT2D eigenvalue weighted by Gasteiger charge is -2.34. The predicted octanol–water partition coefficient (Wildman–Crippen LogP) is 3.76. The summed E-state index contributed by atoms with van der Waals surface area (Å²) in [6, 6.07) is 12.3. The molecule has 88 valence electrons. The molecule has 0 unspecified atom stereocenters. The third kappa shape index (κ3) is 1.84. The van der Waals surface area contributed by atoms with Crippen LogP contribution in [-0.4, -0.2) is 11.1 Å². The first kappa shape index (κ1) is 10.5. The van der Waals surface area contributed by atoms with Crippen LogP contribution in [0.25, 0.3) is 10.8 Å². The van der Waals surface area contributed by atoms with E-state index in [4.69, 9.17) is 0 Å². The molecule has 0 aliphatic heterocycles. The summed E-state index contributed by atoms with van der Waals surface area (Å²) in [5.41, 5.74) is 1.13. The number of benzene rings is 2. The maximum atomic E-state index is 9.82. The number of fused-ring (bicyclic) bond motifs is 1. The summed E-state index contributed by atoms with van der Waals surface area (Å²) in [4.78, 5) is 0. The minimum absolute atomic E-state index is 0.355. The Morgan fingerprint density at radius 1 is 1.06 bits per heavy atom. The van der Waals surface area contributed by atoms with Gasteiger partial charge in [0.05, 0.1) is 0 Å². The number of phenols is 1. The SMILES string of the molecule is CC1CC(Nc2cccc3c(O)cccc23)C1. The van der Waals surface area contributed by atoms with Gasteiger partial charge in [0, 0.05) is 22.5 Å². The van der Waals surface area contributed by atoms with Gasteiger partial charge in [0.15, 0.2) is 0 Å². The van der Waals surface area contributed by atoms with Gasteiger partial charge in [-0.05, 0) is 30.9 Å². The molecule has 0 heterocycles. The van der Waals surface area contributed by atoms with Crippen molar-refractivity contribution in [3.63, 3.8) is 0 Å². The minimum atomic E-state index is 0.355. The molecule has 0 radical (unpaired) electrons. The van der Waals surface area contributed by atoms with Gasteiger partial charge in [-0.2, -0.15) is 0 Å². The second kappa shape index (κ2) is 3.95. The molecule has 0 atom stereocenters. The van der Waals surface area contributed by atoms with E-state index in [0.29, 0.717) is 11.8 Å². The van der Waals surface area contributed by atoms with Gasteiger partial charge in [-0.1, -0.05) is 31.2 Å². The molecule has 1 saturated carbocycles. The van der Waals surface area contributed by atoms with Gasteiger partial charge in [0.25, 0.3) is 0 Å². The number of anilines is 1. The maximum Gasteiger partial charge on any atom is 0.123 e. The highest BCUT2D eigenvalue weighted by molar-refractivity contribution is 5.97. The summed E-state index contributed by atoms with van der Waals surface area (Å²) in [6.45, 7) is 2.28. The number of nitrogens with one attached hydrogen (secondary N) is 1. The summed E-state index contributed by atoms with van der Waals surface area (Å²) < 4.78 is 0. The van der Waals surface area contributed by atoms with E-state index in [2.05, 4.69) is 24.4 Å². The smallest absolute Gasteiger partial charge is 0.123 e. The van der Waals surface area contributed by atoms with Gasteiger partial charge in [-0.15, -0.1) is 0 Å². The highest BCUT2D eigenvalue weighted by atomic mass is 16.3. The van der Waals surface area contributed by atoms with Crippen LogP contribution < -0.4 is 5.32 Å². The topological polar surface area (TPSA) is 32.3 Å². The summed E-state index contributed by atoms with van der Waals surface area (Å²) >= 11 is 0. The molecule has 17 heavy (non-hydrogen) atoms. The van der Waals surface area contributed by atoms with Gasteiger partial charge in [-0.3, -0.25) is 0 Å². The van der Waals surface area contributed by atoms with Crippen molar-refractivity contribution in [2.45, 2.75) is 25.8 Å². The first-order chi connectivity index (χ1) is 8.24. The monoisotopic (exact) mass is 227 g/mol. The van der Waals surface area contributed by atoms with Crippen molar-refractivity contribution in [2.24, 2.45) is 5.92 Å². The third-order valence-electron chi connectivity index (χ3n) is 3.63. The van der Waals surface area contributed by atoms with E-state index in [1.807, 2.05) is 18.2 Å². The zero-order valence-electron chi connectivity index (χ0n) is 9.98. The van der Waals surface area contributed by atoms with Crippen molar-refractivity contribution in [2.75, 3.05) is 5.32 Å². The Hall–Kier alpha value is -1.70. The second-order valence-corrected chi connectivity index (χ2v) is 5.10. The lowest BCUT2D eigenvalue weighted by molar-refractivity contribution is 0.309. The molecule has 1 fully saturated rings. The van der Waals surface area contributed by atoms with Crippen LogP contribution in [0.3, 0.4) is 0 Å². The van der Waals surface area contributed by atoms with E-state index in [9.17, 15) is 5.11 Å². The lowest BCUT2D eigenvalue weighted by Crippen LogP contribution is -2.33. The van der Waals surface area contributed by atoms with Crippen molar-refractivity contribution < 1.29 is 5.11 Å². The van der Waals surface area contributed by atoms with Crippen molar-refractivity contribution in [3.8, 4) is 5.75 Å². The van der Waals surface area contributed by atoms with Crippen LogP contribution in [0, 0.1) is 5.92 Å². The van der Waals surface area contributed by atoms with Crippen LogP contribution in [0.4, 0.5) is 5.69 Å². The first-order valence-corrected chi connectivity index (χ1v) is 6.21. The van der Waals surface area contributed by atoms with E-state index < -0.39 is 0 Å². The summed E-state index contributed by atoms with van der Waals surface area (Å²) in [6.07, 6.45) is 2.49. The fourth-order valence-electron chi connectivity index (χ4n) is 2.66. The minimum Gasteiger partial charge on any atom is -0.507 e. The van der Waals surface area contributed by atoms with Crippen LogP contribution in [0.5, 0.6) is 5.75 Å². The van der Waals surface area contributed by atoms with Crippen LogP contribution >= 0.6 is 0 Å². The molecular weight excluding hydrogens is 210 g/mol. The highest BCUT2D eigenvalue weighted by Gasteiger charge is 2.25. The van der Waals surface area contributed by atoms with E-state index in [1.165, 1.54) is 12.8 Å². The molecule has 1 aliphatic carbocycles. The lowest BCUT2D eigenvalue weighted by atomic mass is 9.81. The third-order valence-corrected chi connectivity index (χ3v) is 3.63. The number of rotatable bonds is 2. The van der Waals surface area contributed by atoms with Gasteiger partial charge in [0.1, 0.15) is 5.75 Å². The van der Waals surface area contributed by atoms with Gasteiger partial charge in [-0.25, -0.2) is 0 Å². The highest BCUT2D eigenvalue weighted by Crippen LogP contribution is 2.34. The Bertz CT molecular complexity index is 544. The van der Waals surface area contributed by atoms with Crippen LogP contribution in [-0.2, 0) is 0 Å². The molecule has 2 N–H and O–H groups in total. The van der Waals surface area contributed by atoms with Crippen LogP contribution in [0.1, 0.15) is 19.8 Å². The molecule has 1 aliphatic rings. The van der Waals surface area contributed by atoms with E-state index in [-0.39, 0.29) is 0 Å². The van der Waals surface area contributed by atoms with Gasteiger partial charge >= 0.3 is 0 Å². The quantitative estimate of drug-likeness (QED) is 0.818. The second-order valence-electron chi connectivity index (χ2n) is 5.10. The Labute approximate surface area is 101 Å². The number of hydrogen-bond donors (Lipinski definition) is 2. The van der Waals surface area contributed by atoms with E-state index >= 15 is 0 Å². The van der Waals surface area contributed by atoms with Crippen LogP contribution in [0.15, 0.2) is 36.4 Å². The van der Waals surface area contributed by atoms with Crippen molar-refractivity contribution >= 4 is 16.5 Å². The molecule has 2 aromatic rings.